The van der Waals surface area contributed by atoms with Crippen LogP contribution in [0.4, 0.5) is 0 Å². The van der Waals surface area contributed by atoms with Gasteiger partial charge in [0.15, 0.2) is 5.75 Å². The van der Waals surface area contributed by atoms with Gasteiger partial charge in [-0.15, -0.1) is 0 Å². The van der Waals surface area contributed by atoms with Crippen LogP contribution in [0.15, 0.2) is 0 Å². The first-order chi connectivity index (χ1) is 10.0. The van der Waals surface area contributed by atoms with Crippen LogP contribution in [0.1, 0.15) is 51.9 Å². The lowest BCUT2D eigenvalue weighted by Gasteiger charge is -2.13. The number of halogens is 5. The lowest BCUT2D eigenvalue weighted by molar-refractivity contribution is 0.304. The van der Waals surface area contributed by atoms with Crippen LogP contribution in [0.5, 0.6) is 5.75 Å². The van der Waals surface area contributed by atoms with Crippen LogP contribution in [-0.4, -0.2) is 6.61 Å². The first kappa shape index (κ1) is 19.5. The van der Waals surface area contributed by atoms with Crippen LogP contribution in [0.2, 0.25) is 25.1 Å². The van der Waals surface area contributed by atoms with E-state index in [1.165, 1.54) is 32.1 Å². The molecular weight excluding hydrogens is 373 g/mol. The molecule has 0 saturated carbocycles. The number of benzene rings is 1. The van der Waals surface area contributed by atoms with Gasteiger partial charge in [-0.05, 0) is 6.42 Å². The fraction of sp³-hybridized carbons (Fsp3) is 0.600. The second-order valence-corrected chi connectivity index (χ2v) is 6.76. The molecule has 1 nitrogen and oxygen atoms in total. The highest BCUT2D eigenvalue weighted by atomic mass is 35.5. The van der Waals surface area contributed by atoms with Crippen molar-refractivity contribution in [3.63, 3.8) is 0 Å². The summed E-state index contributed by atoms with van der Waals surface area (Å²) in [5.41, 5.74) is 0. The molecule has 0 amide bonds. The Balaban J connectivity index is 2.43. The van der Waals surface area contributed by atoms with Crippen LogP contribution in [0.25, 0.3) is 0 Å². The Morgan fingerprint density at radius 1 is 0.619 bits per heavy atom. The van der Waals surface area contributed by atoms with E-state index in [-0.39, 0.29) is 25.1 Å². The summed E-state index contributed by atoms with van der Waals surface area (Å²) < 4.78 is 5.62. The number of hydrogen-bond acceptors (Lipinski definition) is 1. The second kappa shape index (κ2) is 10.3. The molecule has 1 rings (SSSR count). The third-order valence-corrected chi connectivity index (χ3v) is 5.41. The van der Waals surface area contributed by atoms with Crippen molar-refractivity contribution < 1.29 is 4.74 Å². The van der Waals surface area contributed by atoms with E-state index in [1.807, 2.05) is 0 Å². The first-order valence-electron chi connectivity index (χ1n) is 7.14. The molecule has 1 aromatic rings. The zero-order chi connectivity index (χ0) is 15.8. The topological polar surface area (TPSA) is 9.23 Å². The van der Waals surface area contributed by atoms with E-state index >= 15 is 0 Å². The van der Waals surface area contributed by atoms with Gasteiger partial charge in [-0.3, -0.25) is 0 Å². The van der Waals surface area contributed by atoms with Crippen LogP contribution >= 0.6 is 58.0 Å². The summed E-state index contributed by atoms with van der Waals surface area (Å²) in [5, 5.41) is 0.902. The number of rotatable bonds is 9. The molecule has 0 spiro atoms. The van der Waals surface area contributed by atoms with Gasteiger partial charge in [0.05, 0.1) is 21.7 Å². The Hall–Kier alpha value is 0.470. The zero-order valence-corrected chi connectivity index (χ0v) is 15.7. The fourth-order valence-corrected chi connectivity index (χ4v) is 3.18. The maximum Gasteiger partial charge on any atom is 0.159 e. The Kier molecular flexibility index (Phi) is 9.56. The maximum absolute atomic E-state index is 6.09. The molecule has 21 heavy (non-hydrogen) atoms. The van der Waals surface area contributed by atoms with Gasteiger partial charge >= 0.3 is 0 Å². The predicted molar refractivity (Wildman–Crippen MR) is 95.0 cm³/mol. The number of unbranched alkanes of at least 4 members (excludes halogenated alkanes) is 6. The maximum atomic E-state index is 6.09. The summed E-state index contributed by atoms with van der Waals surface area (Å²) in [5.74, 6) is 0.309. The molecule has 0 atom stereocenters. The van der Waals surface area contributed by atoms with E-state index in [4.69, 9.17) is 62.7 Å². The molecule has 0 fully saturated rings. The fourth-order valence-electron chi connectivity index (χ4n) is 1.94. The van der Waals surface area contributed by atoms with E-state index in [0.717, 1.165) is 12.8 Å². The number of hydrogen-bond donors (Lipinski definition) is 0. The largest absolute Gasteiger partial charge is 0.490 e. The zero-order valence-electron chi connectivity index (χ0n) is 12.0. The smallest absolute Gasteiger partial charge is 0.159 e. The molecule has 0 radical (unpaired) electrons. The monoisotopic (exact) mass is 390 g/mol. The van der Waals surface area contributed by atoms with Crippen molar-refractivity contribution in [2.45, 2.75) is 51.9 Å². The molecule has 0 saturated heterocycles. The summed E-state index contributed by atoms with van der Waals surface area (Å²) in [6.45, 7) is 2.74. The molecule has 6 heteroatoms. The van der Waals surface area contributed by atoms with Crippen LogP contribution in [0.3, 0.4) is 0 Å². The van der Waals surface area contributed by atoms with Gasteiger partial charge in [0.1, 0.15) is 10.0 Å². The van der Waals surface area contributed by atoms with E-state index in [0.29, 0.717) is 12.4 Å². The Morgan fingerprint density at radius 3 is 1.57 bits per heavy atom. The average molecular weight is 393 g/mol. The van der Waals surface area contributed by atoms with E-state index in [2.05, 4.69) is 6.92 Å². The van der Waals surface area contributed by atoms with Gasteiger partial charge in [-0.1, -0.05) is 103 Å². The SMILES string of the molecule is CCCCCCCCCOc1c(Cl)c(Cl)c(Cl)c(Cl)c1Cl. The predicted octanol–water partition coefficient (Wildman–Crippen LogP) is 8.08. The molecule has 1 aromatic carbocycles. The summed E-state index contributed by atoms with van der Waals surface area (Å²) in [4.78, 5) is 0. The molecule has 0 heterocycles. The van der Waals surface area contributed by atoms with Gasteiger partial charge < -0.3 is 4.74 Å². The van der Waals surface area contributed by atoms with Gasteiger partial charge in [-0.25, -0.2) is 0 Å². The van der Waals surface area contributed by atoms with E-state index in [9.17, 15) is 0 Å². The van der Waals surface area contributed by atoms with Crippen LogP contribution in [-0.2, 0) is 0 Å². The molecule has 0 aromatic heterocycles. The third-order valence-electron chi connectivity index (χ3n) is 3.16. The summed E-state index contributed by atoms with van der Waals surface area (Å²) >= 11 is 30.1. The van der Waals surface area contributed by atoms with Crippen molar-refractivity contribution in [1.82, 2.24) is 0 Å². The average Bonchev–Trinajstić information content (AvgIpc) is 2.49. The highest BCUT2D eigenvalue weighted by Crippen LogP contribution is 2.48. The van der Waals surface area contributed by atoms with Gasteiger partial charge in [0.2, 0.25) is 0 Å². The molecule has 0 aliphatic carbocycles. The van der Waals surface area contributed by atoms with E-state index < -0.39 is 0 Å². The van der Waals surface area contributed by atoms with Crippen molar-refractivity contribution in [3.05, 3.63) is 25.1 Å². The summed E-state index contributed by atoms with van der Waals surface area (Å²) in [6, 6.07) is 0. The van der Waals surface area contributed by atoms with E-state index in [1.54, 1.807) is 0 Å². The second-order valence-electron chi connectivity index (χ2n) is 4.87. The minimum atomic E-state index is 0.150. The highest BCUT2D eigenvalue weighted by molar-refractivity contribution is 6.55. The Bertz CT molecular complexity index is 433. The summed E-state index contributed by atoms with van der Waals surface area (Å²) in [6.07, 6.45) is 8.42. The molecule has 0 aliphatic rings. The molecule has 0 N–H and O–H groups in total. The van der Waals surface area contributed by atoms with Gasteiger partial charge in [-0.2, -0.15) is 0 Å². The third kappa shape index (κ3) is 5.88. The Morgan fingerprint density at radius 2 is 1.05 bits per heavy atom. The molecule has 0 aliphatic heterocycles. The van der Waals surface area contributed by atoms with Crippen molar-refractivity contribution in [2.24, 2.45) is 0 Å². The van der Waals surface area contributed by atoms with Crippen LogP contribution < -0.4 is 4.74 Å². The minimum Gasteiger partial charge on any atom is -0.490 e. The van der Waals surface area contributed by atoms with Gasteiger partial charge in [0.25, 0.3) is 0 Å². The first-order valence-corrected chi connectivity index (χ1v) is 9.03. The van der Waals surface area contributed by atoms with Gasteiger partial charge in [0, 0.05) is 0 Å². The lowest BCUT2D eigenvalue weighted by atomic mass is 10.1. The normalized spacial score (nSPS) is 11.0. The Labute approximate surface area is 151 Å². The lowest BCUT2D eigenvalue weighted by Crippen LogP contribution is -1.99. The van der Waals surface area contributed by atoms with Crippen LogP contribution in [0, 0.1) is 0 Å². The molecule has 0 bridgehead atoms. The van der Waals surface area contributed by atoms with Crippen molar-refractivity contribution in [2.75, 3.05) is 6.61 Å². The standard InChI is InChI=1S/C15H19Cl5O/c1-2-3-4-5-6-7-8-9-21-15-13(19)11(17)10(16)12(18)14(15)20/h2-9H2,1H3. The molecule has 120 valence electrons. The van der Waals surface area contributed by atoms with Crippen molar-refractivity contribution >= 4 is 58.0 Å². The van der Waals surface area contributed by atoms with Crippen molar-refractivity contribution in [1.29, 1.82) is 0 Å². The van der Waals surface area contributed by atoms with Crippen molar-refractivity contribution in [3.8, 4) is 5.75 Å². The minimum absolute atomic E-state index is 0.150. The number of ether oxygens (including phenoxy) is 1. The molecule has 0 unspecified atom stereocenters. The molecular formula is C15H19Cl5O. The highest BCUT2D eigenvalue weighted by Gasteiger charge is 2.20. The summed E-state index contributed by atoms with van der Waals surface area (Å²) in [7, 11) is 0. The quantitative estimate of drug-likeness (QED) is 0.234.